The van der Waals surface area contributed by atoms with Crippen molar-refractivity contribution in [3.63, 3.8) is 0 Å². The maximum Gasteiger partial charge on any atom is 0.414 e. The molecule has 1 atom stereocenters. The van der Waals surface area contributed by atoms with Gasteiger partial charge >= 0.3 is 11.9 Å². The van der Waals surface area contributed by atoms with E-state index in [1.165, 1.54) is 17.3 Å². The molecule has 1 aromatic carbocycles. The van der Waals surface area contributed by atoms with Gasteiger partial charge in [0.15, 0.2) is 5.12 Å². The van der Waals surface area contributed by atoms with Gasteiger partial charge < -0.3 is 15.1 Å². The first-order valence-electron chi connectivity index (χ1n) is 7.20. The number of carbonyl (C=O) groups is 3. The Bertz CT molecular complexity index is 679. The number of carboxylic acid groups (broad SMARTS) is 2. The van der Waals surface area contributed by atoms with Crippen LogP contribution in [0.15, 0.2) is 36.0 Å². The molecule has 1 fully saturated rings. The molecule has 0 spiro atoms. The number of halogens is 1. The van der Waals surface area contributed by atoms with Crippen LogP contribution in [0.3, 0.4) is 0 Å². The van der Waals surface area contributed by atoms with E-state index < -0.39 is 11.9 Å². The lowest BCUT2D eigenvalue weighted by Gasteiger charge is -2.28. The molecular formula is C16H16ClNO5S. The van der Waals surface area contributed by atoms with Crippen molar-refractivity contribution < 1.29 is 24.6 Å². The van der Waals surface area contributed by atoms with Gasteiger partial charge in [-0.05, 0) is 23.6 Å². The summed E-state index contributed by atoms with van der Waals surface area (Å²) in [5.74, 6) is -3.65. The number of carbonyl (C=O) groups excluding carboxylic acids is 1. The summed E-state index contributed by atoms with van der Waals surface area (Å²) in [6, 6.07) is 7.94. The maximum atomic E-state index is 11.4. The maximum absolute atomic E-state index is 11.4. The number of aliphatic carboxylic acids is 2. The summed E-state index contributed by atoms with van der Waals surface area (Å²) in [5.41, 5.74) is 2.43. The van der Waals surface area contributed by atoms with Gasteiger partial charge in [-0.15, -0.1) is 0 Å². The van der Waals surface area contributed by atoms with Gasteiger partial charge in [0, 0.05) is 36.0 Å². The van der Waals surface area contributed by atoms with E-state index in [9.17, 15) is 4.79 Å². The lowest BCUT2D eigenvalue weighted by atomic mass is 10.0. The molecule has 3 rings (SSSR count). The molecule has 0 bridgehead atoms. The van der Waals surface area contributed by atoms with Crippen LogP contribution in [-0.2, 0) is 20.9 Å². The Hall–Kier alpha value is -1.99. The zero-order valence-electron chi connectivity index (χ0n) is 12.6. The van der Waals surface area contributed by atoms with E-state index >= 15 is 0 Å². The second-order valence-electron chi connectivity index (χ2n) is 5.32. The number of hydrogen-bond donors (Lipinski definition) is 2. The molecule has 0 aliphatic carbocycles. The van der Waals surface area contributed by atoms with Crippen LogP contribution in [0, 0.1) is 0 Å². The van der Waals surface area contributed by atoms with Gasteiger partial charge in [0.25, 0.3) is 0 Å². The zero-order valence-corrected chi connectivity index (χ0v) is 14.2. The second-order valence-corrected chi connectivity index (χ2v) is 6.99. The molecule has 2 aliphatic rings. The van der Waals surface area contributed by atoms with Crippen LogP contribution in [0.5, 0.6) is 0 Å². The summed E-state index contributed by atoms with van der Waals surface area (Å²) in [5, 5.41) is 16.3. The molecular weight excluding hydrogens is 354 g/mol. The summed E-state index contributed by atoms with van der Waals surface area (Å²) in [7, 11) is 0. The van der Waals surface area contributed by atoms with E-state index in [4.69, 9.17) is 31.4 Å². The average Bonchev–Trinajstić information content (AvgIpc) is 2.89. The summed E-state index contributed by atoms with van der Waals surface area (Å²) in [6.07, 6.45) is 3.84. The van der Waals surface area contributed by atoms with Crippen molar-refractivity contribution in [2.24, 2.45) is 0 Å². The van der Waals surface area contributed by atoms with Gasteiger partial charge in [0.05, 0.1) is 0 Å². The molecule has 6 nitrogen and oxygen atoms in total. The lowest BCUT2D eigenvalue weighted by Crippen LogP contribution is -2.26. The van der Waals surface area contributed by atoms with Gasteiger partial charge in [-0.25, -0.2) is 9.59 Å². The molecule has 0 radical (unpaired) electrons. The molecule has 8 heteroatoms. The summed E-state index contributed by atoms with van der Waals surface area (Å²) >= 11 is 7.67. The van der Waals surface area contributed by atoms with E-state index in [1.807, 2.05) is 18.2 Å². The minimum atomic E-state index is -1.82. The van der Waals surface area contributed by atoms with E-state index in [2.05, 4.69) is 17.2 Å². The zero-order chi connectivity index (χ0) is 17.7. The van der Waals surface area contributed by atoms with Crippen molar-refractivity contribution >= 4 is 40.4 Å². The Balaban J connectivity index is 0.000000301. The molecule has 1 aromatic rings. The van der Waals surface area contributed by atoms with Gasteiger partial charge in [-0.2, -0.15) is 0 Å². The fourth-order valence-electron chi connectivity index (χ4n) is 2.48. The van der Waals surface area contributed by atoms with Gasteiger partial charge in [-0.1, -0.05) is 41.6 Å². The van der Waals surface area contributed by atoms with Crippen LogP contribution in [0.4, 0.5) is 0 Å². The van der Waals surface area contributed by atoms with Crippen LogP contribution in [0.1, 0.15) is 18.4 Å². The summed E-state index contributed by atoms with van der Waals surface area (Å²) < 4.78 is 0. The van der Waals surface area contributed by atoms with Crippen molar-refractivity contribution in [1.29, 1.82) is 0 Å². The quantitative estimate of drug-likeness (QED) is 0.773. The first-order valence-corrected chi connectivity index (χ1v) is 8.46. The Morgan fingerprint density at radius 3 is 2.54 bits per heavy atom. The van der Waals surface area contributed by atoms with Crippen LogP contribution in [0.2, 0.25) is 5.02 Å². The normalized spacial score (nSPS) is 19.0. The minimum Gasteiger partial charge on any atom is -0.473 e. The summed E-state index contributed by atoms with van der Waals surface area (Å²) in [6.45, 7) is 1.83. The fraction of sp³-hybridized carbons (Fsp3) is 0.312. The van der Waals surface area contributed by atoms with Crippen molar-refractivity contribution in [3.05, 3.63) is 46.6 Å². The number of nitrogens with zero attached hydrogens (tertiary/aromatic N) is 1. The highest BCUT2D eigenvalue weighted by molar-refractivity contribution is 8.14. The number of hydrogen-bond acceptors (Lipinski definition) is 5. The number of benzene rings is 1. The predicted octanol–water partition coefficient (Wildman–Crippen LogP) is 2.62. The number of carboxylic acids is 2. The first kappa shape index (κ1) is 18.4. The minimum absolute atomic E-state index is 0.311. The number of rotatable bonds is 2. The highest BCUT2D eigenvalue weighted by atomic mass is 35.5. The van der Waals surface area contributed by atoms with Crippen LogP contribution >= 0.6 is 23.4 Å². The SMILES string of the molecule is O=C(O)C(=O)O.O=C1CC2=CN(Cc3ccccc3Cl)CCC2S1. The Morgan fingerprint density at radius 2 is 1.92 bits per heavy atom. The van der Waals surface area contributed by atoms with Crippen molar-refractivity contribution in [3.8, 4) is 0 Å². The molecule has 1 saturated heterocycles. The fourth-order valence-corrected chi connectivity index (χ4v) is 3.76. The first-order chi connectivity index (χ1) is 11.4. The molecule has 1 unspecified atom stereocenters. The summed E-state index contributed by atoms with van der Waals surface area (Å²) in [4.78, 5) is 31.9. The van der Waals surface area contributed by atoms with Crippen molar-refractivity contribution in [1.82, 2.24) is 4.90 Å². The number of thioether (sulfide) groups is 1. The third kappa shape index (κ3) is 5.01. The Morgan fingerprint density at radius 1 is 1.25 bits per heavy atom. The highest BCUT2D eigenvalue weighted by Crippen LogP contribution is 2.38. The lowest BCUT2D eigenvalue weighted by molar-refractivity contribution is -0.159. The molecule has 0 saturated carbocycles. The van der Waals surface area contributed by atoms with Crippen LogP contribution < -0.4 is 0 Å². The topological polar surface area (TPSA) is 94.9 Å². The Kier molecular flexibility index (Phi) is 6.28. The highest BCUT2D eigenvalue weighted by Gasteiger charge is 2.31. The molecule has 0 amide bonds. The van der Waals surface area contributed by atoms with E-state index in [1.54, 1.807) is 0 Å². The average molecular weight is 370 g/mol. The molecule has 0 aromatic heterocycles. The van der Waals surface area contributed by atoms with Crippen LogP contribution in [0.25, 0.3) is 0 Å². The molecule has 128 valence electrons. The van der Waals surface area contributed by atoms with E-state index in [-0.39, 0.29) is 0 Å². The third-order valence-corrected chi connectivity index (χ3v) is 5.18. The number of fused-ring (bicyclic) bond motifs is 1. The molecule has 24 heavy (non-hydrogen) atoms. The molecule has 2 N–H and O–H groups in total. The monoisotopic (exact) mass is 369 g/mol. The Labute approximate surface area is 148 Å². The second kappa shape index (κ2) is 8.21. The smallest absolute Gasteiger partial charge is 0.414 e. The molecule has 2 aliphatic heterocycles. The van der Waals surface area contributed by atoms with Gasteiger partial charge in [-0.3, -0.25) is 4.79 Å². The van der Waals surface area contributed by atoms with Crippen molar-refractivity contribution in [2.45, 2.75) is 24.6 Å². The van der Waals surface area contributed by atoms with E-state index in [0.29, 0.717) is 16.8 Å². The largest absolute Gasteiger partial charge is 0.473 e. The predicted molar refractivity (Wildman–Crippen MR) is 90.8 cm³/mol. The van der Waals surface area contributed by atoms with E-state index in [0.717, 1.165) is 30.1 Å². The third-order valence-electron chi connectivity index (χ3n) is 3.58. The van der Waals surface area contributed by atoms with Gasteiger partial charge in [0.2, 0.25) is 0 Å². The van der Waals surface area contributed by atoms with Crippen LogP contribution in [-0.4, -0.2) is 44.0 Å². The molecule has 2 heterocycles. The van der Waals surface area contributed by atoms with Gasteiger partial charge in [0.1, 0.15) is 0 Å². The standard InChI is InChI=1S/C14H14ClNOS.C2H2O4/c15-12-4-2-1-3-10(12)8-16-6-5-13-11(9-16)7-14(17)18-13;3-1(4)2(5)6/h1-4,9,13H,5-8H2;(H,3,4)(H,5,6). The van der Waals surface area contributed by atoms with Crippen molar-refractivity contribution in [2.75, 3.05) is 6.54 Å².